The molecular formula is C20H19N3O5. The highest BCUT2D eigenvalue weighted by Crippen LogP contribution is 2.35. The average Bonchev–Trinajstić information content (AvgIpc) is 3.19. The minimum atomic E-state index is -0.584. The van der Waals surface area contributed by atoms with E-state index in [2.05, 4.69) is 10.1 Å². The van der Waals surface area contributed by atoms with Crippen molar-refractivity contribution in [2.45, 2.75) is 19.6 Å². The van der Waals surface area contributed by atoms with E-state index in [-0.39, 0.29) is 12.5 Å². The van der Waals surface area contributed by atoms with Gasteiger partial charge in [-0.15, -0.1) is 0 Å². The van der Waals surface area contributed by atoms with Crippen LogP contribution in [0.5, 0.6) is 17.2 Å². The maximum atomic E-state index is 12.6. The third kappa shape index (κ3) is 3.13. The van der Waals surface area contributed by atoms with E-state index in [4.69, 9.17) is 18.7 Å². The Kier molecular flexibility index (Phi) is 4.60. The summed E-state index contributed by atoms with van der Waals surface area (Å²) >= 11 is 0. The molecule has 1 atom stereocenters. The van der Waals surface area contributed by atoms with E-state index in [1.54, 1.807) is 44.2 Å². The number of carbonyl (C=O) groups is 1. The van der Waals surface area contributed by atoms with Gasteiger partial charge in [-0.3, -0.25) is 9.69 Å². The number of para-hydroxylation sites is 2. The first-order chi connectivity index (χ1) is 13.6. The monoisotopic (exact) mass is 381 g/mol. The first-order valence-corrected chi connectivity index (χ1v) is 8.72. The van der Waals surface area contributed by atoms with Crippen molar-refractivity contribution in [3.8, 4) is 28.6 Å². The van der Waals surface area contributed by atoms with Crippen LogP contribution in [0.2, 0.25) is 0 Å². The second-order valence-corrected chi connectivity index (χ2v) is 6.23. The van der Waals surface area contributed by atoms with E-state index in [0.717, 1.165) is 0 Å². The lowest BCUT2D eigenvalue weighted by Crippen LogP contribution is -2.44. The Balaban J connectivity index is 1.63. The molecule has 1 aliphatic heterocycles. The van der Waals surface area contributed by atoms with E-state index < -0.39 is 6.10 Å². The SMILES string of the molecule is COc1ccc(-c2noc(CN3C(=O)C(C)Oc4ccccc43)n2)c(OC)c1. The van der Waals surface area contributed by atoms with Crippen molar-refractivity contribution >= 4 is 11.6 Å². The van der Waals surface area contributed by atoms with Gasteiger partial charge in [0, 0.05) is 6.07 Å². The highest BCUT2D eigenvalue weighted by molar-refractivity contribution is 5.99. The van der Waals surface area contributed by atoms with Crippen LogP contribution in [0, 0.1) is 0 Å². The van der Waals surface area contributed by atoms with Crippen LogP contribution in [0.3, 0.4) is 0 Å². The Morgan fingerprint density at radius 2 is 1.96 bits per heavy atom. The summed E-state index contributed by atoms with van der Waals surface area (Å²) in [5.41, 5.74) is 1.34. The summed E-state index contributed by atoms with van der Waals surface area (Å²) in [6.45, 7) is 1.86. The van der Waals surface area contributed by atoms with Crippen LogP contribution >= 0.6 is 0 Å². The van der Waals surface area contributed by atoms with Crippen molar-refractivity contribution in [3.63, 3.8) is 0 Å². The van der Waals surface area contributed by atoms with Gasteiger partial charge in [-0.25, -0.2) is 0 Å². The number of rotatable bonds is 5. The number of hydrogen-bond donors (Lipinski definition) is 0. The molecule has 0 bridgehead atoms. The van der Waals surface area contributed by atoms with Gasteiger partial charge in [0.25, 0.3) is 5.91 Å². The molecule has 4 rings (SSSR count). The smallest absolute Gasteiger partial charge is 0.268 e. The molecule has 0 radical (unpaired) electrons. The number of hydrogen-bond acceptors (Lipinski definition) is 7. The molecule has 144 valence electrons. The number of carbonyl (C=O) groups excluding carboxylic acids is 1. The standard InChI is InChI=1S/C20H19N3O5/c1-12-20(24)23(15-6-4-5-7-16(15)27-12)11-18-21-19(22-28-18)14-9-8-13(25-2)10-17(14)26-3/h4-10,12H,11H2,1-3H3. The zero-order valence-electron chi connectivity index (χ0n) is 15.7. The first kappa shape index (κ1) is 17.8. The molecule has 8 heteroatoms. The molecule has 28 heavy (non-hydrogen) atoms. The number of nitrogens with zero attached hydrogens (tertiary/aromatic N) is 3. The summed E-state index contributed by atoms with van der Waals surface area (Å²) in [7, 11) is 3.14. The predicted molar refractivity (Wildman–Crippen MR) is 101 cm³/mol. The van der Waals surface area contributed by atoms with E-state index in [1.165, 1.54) is 0 Å². The van der Waals surface area contributed by atoms with E-state index >= 15 is 0 Å². The predicted octanol–water partition coefficient (Wildman–Crippen LogP) is 3.07. The molecule has 1 aromatic heterocycles. The topological polar surface area (TPSA) is 86.9 Å². The van der Waals surface area contributed by atoms with Gasteiger partial charge in [-0.1, -0.05) is 17.3 Å². The fraction of sp³-hybridized carbons (Fsp3) is 0.250. The molecule has 0 N–H and O–H groups in total. The largest absolute Gasteiger partial charge is 0.497 e. The van der Waals surface area contributed by atoms with Crippen LogP contribution in [0.4, 0.5) is 5.69 Å². The van der Waals surface area contributed by atoms with Gasteiger partial charge in [-0.05, 0) is 31.2 Å². The van der Waals surface area contributed by atoms with Gasteiger partial charge in [0.05, 0.1) is 25.5 Å². The summed E-state index contributed by atoms with van der Waals surface area (Å²) in [4.78, 5) is 18.6. The average molecular weight is 381 g/mol. The maximum absolute atomic E-state index is 12.6. The molecule has 0 saturated carbocycles. The molecule has 2 aromatic carbocycles. The summed E-state index contributed by atoms with van der Waals surface area (Å²) in [5, 5.41) is 4.04. The zero-order chi connectivity index (χ0) is 19.7. The third-order valence-corrected chi connectivity index (χ3v) is 4.48. The molecule has 0 fully saturated rings. The van der Waals surface area contributed by atoms with Crippen LogP contribution in [-0.4, -0.2) is 36.4 Å². The summed E-state index contributed by atoms with van der Waals surface area (Å²) in [6.07, 6.45) is -0.584. The lowest BCUT2D eigenvalue weighted by atomic mass is 10.2. The van der Waals surface area contributed by atoms with Crippen molar-refractivity contribution in [2.75, 3.05) is 19.1 Å². The number of benzene rings is 2. The van der Waals surface area contributed by atoms with Gasteiger partial charge in [0.2, 0.25) is 11.7 Å². The van der Waals surface area contributed by atoms with E-state index in [1.807, 2.05) is 24.3 Å². The van der Waals surface area contributed by atoms with Gasteiger partial charge >= 0.3 is 0 Å². The van der Waals surface area contributed by atoms with Gasteiger partial charge in [-0.2, -0.15) is 4.98 Å². The van der Waals surface area contributed by atoms with E-state index in [9.17, 15) is 4.79 Å². The molecule has 1 amide bonds. The highest BCUT2D eigenvalue weighted by atomic mass is 16.5. The quantitative estimate of drug-likeness (QED) is 0.671. The number of methoxy groups -OCH3 is 2. The summed E-state index contributed by atoms with van der Waals surface area (Å²) in [6, 6.07) is 12.7. The maximum Gasteiger partial charge on any atom is 0.268 e. The summed E-state index contributed by atoms with van der Waals surface area (Å²) < 4.78 is 21.7. The normalized spacial score (nSPS) is 15.8. The minimum absolute atomic E-state index is 0.148. The van der Waals surface area contributed by atoms with Crippen molar-refractivity contribution in [1.82, 2.24) is 10.1 Å². The van der Waals surface area contributed by atoms with Crippen LogP contribution < -0.4 is 19.1 Å². The molecule has 0 spiro atoms. The second kappa shape index (κ2) is 7.22. The lowest BCUT2D eigenvalue weighted by molar-refractivity contribution is -0.125. The fourth-order valence-corrected chi connectivity index (χ4v) is 3.07. The Morgan fingerprint density at radius 3 is 2.75 bits per heavy atom. The van der Waals surface area contributed by atoms with Gasteiger partial charge in [0.1, 0.15) is 23.8 Å². The number of amides is 1. The van der Waals surface area contributed by atoms with Gasteiger partial charge < -0.3 is 18.7 Å². The molecule has 2 heterocycles. The lowest BCUT2D eigenvalue weighted by Gasteiger charge is -2.31. The molecular weight excluding hydrogens is 362 g/mol. The van der Waals surface area contributed by atoms with Crippen LogP contribution in [-0.2, 0) is 11.3 Å². The first-order valence-electron chi connectivity index (χ1n) is 8.72. The molecule has 0 saturated heterocycles. The Bertz CT molecular complexity index is 1020. The Morgan fingerprint density at radius 1 is 1.14 bits per heavy atom. The van der Waals surface area contributed by atoms with Crippen LogP contribution in [0.1, 0.15) is 12.8 Å². The summed E-state index contributed by atoms with van der Waals surface area (Å²) in [5.74, 6) is 2.38. The minimum Gasteiger partial charge on any atom is -0.497 e. The van der Waals surface area contributed by atoms with Crippen molar-refractivity contribution in [2.24, 2.45) is 0 Å². The Labute approximate surface area is 161 Å². The number of anilines is 1. The van der Waals surface area contributed by atoms with Crippen LogP contribution in [0.25, 0.3) is 11.4 Å². The zero-order valence-corrected chi connectivity index (χ0v) is 15.7. The highest BCUT2D eigenvalue weighted by Gasteiger charge is 2.32. The molecule has 1 aliphatic rings. The Hall–Kier alpha value is -3.55. The molecule has 8 nitrogen and oxygen atoms in total. The van der Waals surface area contributed by atoms with E-state index in [0.29, 0.717) is 40.2 Å². The molecule has 1 unspecified atom stereocenters. The third-order valence-electron chi connectivity index (χ3n) is 4.48. The number of ether oxygens (including phenoxy) is 3. The fourth-order valence-electron chi connectivity index (χ4n) is 3.07. The molecule has 0 aliphatic carbocycles. The van der Waals surface area contributed by atoms with Crippen molar-refractivity contribution in [1.29, 1.82) is 0 Å². The second-order valence-electron chi connectivity index (χ2n) is 6.23. The number of aromatic nitrogens is 2. The van der Waals surface area contributed by atoms with Crippen LogP contribution in [0.15, 0.2) is 47.0 Å². The van der Waals surface area contributed by atoms with Crippen molar-refractivity contribution in [3.05, 3.63) is 48.4 Å². The molecule has 3 aromatic rings. The number of fused-ring (bicyclic) bond motifs is 1. The van der Waals surface area contributed by atoms with Crippen molar-refractivity contribution < 1.29 is 23.5 Å². The van der Waals surface area contributed by atoms with Gasteiger partial charge in [0.15, 0.2) is 6.10 Å².